The molecule has 0 aliphatic carbocycles. The lowest BCUT2D eigenvalue weighted by molar-refractivity contribution is -0.0498. The van der Waals surface area contributed by atoms with Crippen molar-refractivity contribution in [3.63, 3.8) is 0 Å². The van der Waals surface area contributed by atoms with Crippen LogP contribution in [0.4, 0.5) is 14.6 Å². The number of pyridine rings is 1. The summed E-state index contributed by atoms with van der Waals surface area (Å²) >= 11 is 0. The Labute approximate surface area is 199 Å². The highest BCUT2D eigenvalue weighted by atomic mass is 19.3. The molecule has 3 aromatic heterocycles. The van der Waals surface area contributed by atoms with Crippen LogP contribution < -0.4 is 15.6 Å². The van der Waals surface area contributed by atoms with Crippen LogP contribution in [0.1, 0.15) is 13.7 Å². The quantitative estimate of drug-likeness (QED) is 0.399. The van der Waals surface area contributed by atoms with E-state index in [-0.39, 0.29) is 28.2 Å². The van der Waals surface area contributed by atoms with E-state index in [9.17, 15) is 13.6 Å². The van der Waals surface area contributed by atoms with Crippen molar-refractivity contribution in [2.45, 2.75) is 13.5 Å². The summed E-state index contributed by atoms with van der Waals surface area (Å²) in [6.45, 7) is -8.84. The molecular formula is C24H20F2N6O2. The first-order chi connectivity index (χ1) is 18.3. The molecule has 172 valence electrons. The van der Waals surface area contributed by atoms with Crippen molar-refractivity contribution in [3.05, 3.63) is 71.1 Å². The number of halogens is 2. The van der Waals surface area contributed by atoms with E-state index in [0.29, 0.717) is 16.8 Å². The van der Waals surface area contributed by atoms with Crippen molar-refractivity contribution in [3.8, 4) is 22.6 Å². The lowest BCUT2D eigenvalue weighted by atomic mass is 10.1. The molecule has 0 atom stereocenters. The molecule has 0 fully saturated rings. The fourth-order valence-corrected chi connectivity index (χ4v) is 3.72. The molecule has 34 heavy (non-hydrogen) atoms. The fraction of sp³-hybridized carbons (Fsp3) is 0.167. The first kappa shape index (κ1) is 16.3. The minimum atomic E-state index is -3.03. The number of hydrogen-bond acceptors (Lipinski definition) is 6. The standard InChI is InChI=1S/C24H20F2N6O2/c1-3-27-20-11-10-19-22(28-20)21(14-4-7-17(8-5-14)34-24(25)26)23(33)32(30-19)16-6-9-18-15(12-16)13-31(2)29-18/h4-13,24H,3H2,1-2H3,(H,27,28)/i1D3,3D2. The molecule has 0 unspecified atom stereocenters. The van der Waals surface area contributed by atoms with Crippen LogP contribution in [0.5, 0.6) is 5.75 Å². The van der Waals surface area contributed by atoms with Crippen LogP contribution >= 0.6 is 0 Å². The second-order valence-corrected chi connectivity index (χ2v) is 7.35. The van der Waals surface area contributed by atoms with E-state index in [1.54, 1.807) is 36.1 Å². The Morgan fingerprint density at radius 3 is 2.68 bits per heavy atom. The summed E-state index contributed by atoms with van der Waals surface area (Å²) in [5.41, 5.74) is 1.17. The van der Waals surface area contributed by atoms with Gasteiger partial charge in [0.2, 0.25) is 0 Å². The number of anilines is 1. The zero-order valence-electron chi connectivity index (χ0n) is 22.7. The molecule has 8 nitrogen and oxygen atoms in total. The number of aryl methyl sites for hydroxylation is 1. The van der Waals surface area contributed by atoms with Crippen LogP contribution in [0.3, 0.4) is 0 Å². The van der Waals surface area contributed by atoms with E-state index in [4.69, 9.17) is 6.85 Å². The van der Waals surface area contributed by atoms with E-state index in [0.717, 1.165) is 5.39 Å². The third-order valence-electron chi connectivity index (χ3n) is 5.13. The molecular weight excluding hydrogens is 442 g/mol. The Morgan fingerprint density at radius 1 is 1.12 bits per heavy atom. The number of ether oxygens (including phenoxy) is 1. The van der Waals surface area contributed by atoms with Crippen molar-refractivity contribution in [2.24, 2.45) is 7.05 Å². The first-order valence-electron chi connectivity index (χ1n) is 12.5. The van der Waals surface area contributed by atoms with Gasteiger partial charge in [0.25, 0.3) is 5.56 Å². The molecule has 0 saturated carbocycles. The minimum Gasteiger partial charge on any atom is -0.435 e. The van der Waals surface area contributed by atoms with Gasteiger partial charge in [-0.25, -0.2) is 4.98 Å². The van der Waals surface area contributed by atoms with E-state index < -0.39 is 25.5 Å². The van der Waals surface area contributed by atoms with Gasteiger partial charge >= 0.3 is 6.61 Å². The van der Waals surface area contributed by atoms with Crippen LogP contribution in [0.25, 0.3) is 38.8 Å². The van der Waals surface area contributed by atoms with Crippen LogP contribution in [0.2, 0.25) is 0 Å². The van der Waals surface area contributed by atoms with Crippen molar-refractivity contribution in [1.29, 1.82) is 0 Å². The van der Waals surface area contributed by atoms with Crippen LogP contribution in [0.15, 0.2) is 65.6 Å². The predicted molar refractivity (Wildman–Crippen MR) is 126 cm³/mol. The lowest BCUT2D eigenvalue weighted by Gasteiger charge is -2.13. The van der Waals surface area contributed by atoms with Crippen LogP contribution in [0, 0.1) is 0 Å². The van der Waals surface area contributed by atoms with Crippen molar-refractivity contribution < 1.29 is 20.4 Å². The summed E-state index contributed by atoms with van der Waals surface area (Å²) in [5, 5.41) is 11.8. The van der Waals surface area contributed by atoms with Crippen molar-refractivity contribution in [1.82, 2.24) is 24.5 Å². The van der Waals surface area contributed by atoms with Crippen LogP contribution in [-0.4, -0.2) is 37.7 Å². The van der Waals surface area contributed by atoms with Gasteiger partial charge in [-0.3, -0.25) is 9.48 Å². The largest absolute Gasteiger partial charge is 0.435 e. The fourth-order valence-electron chi connectivity index (χ4n) is 3.72. The Morgan fingerprint density at radius 2 is 1.91 bits per heavy atom. The van der Waals surface area contributed by atoms with Gasteiger partial charge in [-0.05, 0) is 54.9 Å². The summed E-state index contributed by atoms with van der Waals surface area (Å²) in [5.74, 6) is -0.256. The maximum Gasteiger partial charge on any atom is 0.387 e. The summed E-state index contributed by atoms with van der Waals surface area (Å²) < 4.78 is 70.6. The number of rotatable bonds is 6. The van der Waals surface area contributed by atoms with Gasteiger partial charge in [0.15, 0.2) is 0 Å². The Hall–Kier alpha value is -4.34. The summed E-state index contributed by atoms with van der Waals surface area (Å²) in [6, 6.07) is 13.3. The minimum absolute atomic E-state index is 0.0352. The molecule has 0 bridgehead atoms. The normalized spacial score (nSPS) is 14.4. The number of hydrogen-bond donors (Lipinski definition) is 1. The molecule has 0 aliphatic rings. The monoisotopic (exact) mass is 467 g/mol. The third-order valence-corrected chi connectivity index (χ3v) is 5.13. The topological polar surface area (TPSA) is 86.9 Å². The average Bonchev–Trinajstić information content (AvgIpc) is 3.22. The maximum absolute atomic E-state index is 13.8. The Balaban J connectivity index is 1.71. The Kier molecular flexibility index (Phi) is 4.10. The molecule has 10 heteroatoms. The zero-order chi connectivity index (χ0) is 28.1. The molecule has 5 aromatic rings. The van der Waals surface area contributed by atoms with Gasteiger partial charge in [-0.2, -0.15) is 23.7 Å². The predicted octanol–water partition coefficient (Wildman–Crippen LogP) is 4.37. The maximum atomic E-state index is 13.8. The first-order valence-corrected chi connectivity index (χ1v) is 10.0. The second-order valence-electron chi connectivity index (χ2n) is 7.35. The highest BCUT2D eigenvalue weighted by molar-refractivity contribution is 5.92. The molecule has 0 saturated heterocycles. The number of benzene rings is 2. The third kappa shape index (κ3) is 3.94. The number of aromatic nitrogens is 5. The summed E-state index contributed by atoms with van der Waals surface area (Å²) in [4.78, 5) is 18.2. The van der Waals surface area contributed by atoms with E-state index >= 15 is 0 Å². The molecule has 0 amide bonds. The van der Waals surface area contributed by atoms with E-state index in [1.165, 1.54) is 41.1 Å². The number of nitrogens with one attached hydrogen (secondary N) is 1. The van der Waals surface area contributed by atoms with Gasteiger partial charge in [0.05, 0.1) is 16.8 Å². The van der Waals surface area contributed by atoms with Gasteiger partial charge in [0, 0.05) is 32.0 Å². The van der Waals surface area contributed by atoms with Crippen molar-refractivity contribution in [2.75, 3.05) is 11.8 Å². The van der Waals surface area contributed by atoms with Crippen LogP contribution in [-0.2, 0) is 7.05 Å². The lowest BCUT2D eigenvalue weighted by Crippen LogP contribution is -2.23. The Bertz CT molecular complexity index is 1750. The highest BCUT2D eigenvalue weighted by Crippen LogP contribution is 2.27. The second kappa shape index (κ2) is 8.54. The number of fused-ring (bicyclic) bond motifs is 2. The smallest absolute Gasteiger partial charge is 0.387 e. The van der Waals surface area contributed by atoms with Gasteiger partial charge < -0.3 is 10.1 Å². The molecule has 0 aliphatic heterocycles. The van der Waals surface area contributed by atoms with Gasteiger partial charge in [-0.1, -0.05) is 12.1 Å². The molecule has 1 N–H and O–H groups in total. The molecule has 0 radical (unpaired) electrons. The molecule has 3 heterocycles. The highest BCUT2D eigenvalue weighted by Gasteiger charge is 2.18. The molecule has 5 rings (SSSR count). The van der Waals surface area contributed by atoms with E-state index in [2.05, 4.69) is 25.2 Å². The summed E-state index contributed by atoms with van der Waals surface area (Å²) in [7, 11) is 1.77. The zero-order valence-corrected chi connectivity index (χ0v) is 17.7. The van der Waals surface area contributed by atoms with Gasteiger partial charge in [0.1, 0.15) is 22.6 Å². The molecule has 2 aromatic carbocycles. The average molecular weight is 467 g/mol. The summed E-state index contributed by atoms with van der Waals surface area (Å²) in [6.07, 6.45) is 1.78. The van der Waals surface area contributed by atoms with E-state index in [1.807, 2.05) is 0 Å². The SMILES string of the molecule is [2H]C([2H])([2H])C([2H])([2H])Nc1ccc2nn(-c3ccc4nn(C)cc4c3)c(=O)c(-c3ccc(OC(F)F)cc3)c2n1. The number of alkyl halides is 2. The molecule has 0 spiro atoms. The number of nitrogens with zero attached hydrogens (tertiary/aromatic N) is 5. The van der Waals surface area contributed by atoms with Gasteiger partial charge in [-0.15, -0.1) is 0 Å². The van der Waals surface area contributed by atoms with Crippen molar-refractivity contribution >= 4 is 27.8 Å².